The Balaban J connectivity index is 1.81. The van der Waals surface area contributed by atoms with Crippen molar-refractivity contribution in [3.8, 4) is 5.88 Å². The average molecular weight is 233 g/mol. The topological polar surface area (TPSA) is 51.4 Å². The van der Waals surface area contributed by atoms with Crippen LogP contribution in [0.2, 0.25) is 0 Å². The van der Waals surface area contributed by atoms with Gasteiger partial charge in [-0.1, -0.05) is 0 Å². The van der Waals surface area contributed by atoms with Crippen LogP contribution < -0.4 is 15.4 Å². The SMILES string of the molecule is COc1cc(N2C[C@H]3CC[C@@H](C2)[C@H]3N)ccn1. The number of hydrogen-bond acceptors (Lipinski definition) is 4. The van der Waals surface area contributed by atoms with Crippen LogP contribution in [-0.4, -0.2) is 31.2 Å². The maximum absolute atomic E-state index is 6.22. The smallest absolute Gasteiger partial charge is 0.214 e. The number of rotatable bonds is 2. The fourth-order valence-electron chi connectivity index (χ4n) is 3.18. The van der Waals surface area contributed by atoms with E-state index >= 15 is 0 Å². The predicted octanol–water partition coefficient (Wildman–Crippen LogP) is 1.26. The second kappa shape index (κ2) is 4.18. The molecule has 4 heteroatoms. The lowest BCUT2D eigenvalue weighted by Gasteiger charge is -2.37. The van der Waals surface area contributed by atoms with E-state index < -0.39 is 0 Å². The van der Waals surface area contributed by atoms with Crippen LogP contribution in [-0.2, 0) is 0 Å². The Morgan fingerprint density at radius 2 is 2.06 bits per heavy atom. The number of piperidine rings is 1. The van der Waals surface area contributed by atoms with Gasteiger partial charge < -0.3 is 15.4 Å². The summed E-state index contributed by atoms with van der Waals surface area (Å²) in [6.45, 7) is 2.15. The van der Waals surface area contributed by atoms with E-state index in [1.165, 1.54) is 18.5 Å². The van der Waals surface area contributed by atoms with Crippen molar-refractivity contribution < 1.29 is 4.74 Å². The van der Waals surface area contributed by atoms with E-state index in [1.54, 1.807) is 7.11 Å². The lowest BCUT2D eigenvalue weighted by atomic mass is 9.93. The van der Waals surface area contributed by atoms with Gasteiger partial charge in [-0.05, 0) is 30.7 Å². The zero-order chi connectivity index (χ0) is 11.8. The molecule has 2 fully saturated rings. The fraction of sp³-hybridized carbons (Fsp3) is 0.615. The Kier molecular flexibility index (Phi) is 2.67. The van der Waals surface area contributed by atoms with Crippen molar-refractivity contribution in [2.24, 2.45) is 17.6 Å². The minimum atomic E-state index is 0.412. The van der Waals surface area contributed by atoms with Crippen LogP contribution in [0.4, 0.5) is 5.69 Å². The first-order valence-corrected chi connectivity index (χ1v) is 6.28. The monoisotopic (exact) mass is 233 g/mol. The quantitative estimate of drug-likeness (QED) is 0.835. The van der Waals surface area contributed by atoms with E-state index in [2.05, 4.69) is 16.0 Å². The van der Waals surface area contributed by atoms with Gasteiger partial charge >= 0.3 is 0 Å². The molecule has 1 saturated carbocycles. The van der Waals surface area contributed by atoms with Crippen LogP contribution in [0.25, 0.3) is 0 Å². The Morgan fingerprint density at radius 3 is 2.71 bits per heavy atom. The Bertz CT molecular complexity index is 395. The molecule has 1 aliphatic carbocycles. The van der Waals surface area contributed by atoms with Gasteiger partial charge in [-0.25, -0.2) is 4.98 Å². The number of ether oxygens (including phenoxy) is 1. The van der Waals surface area contributed by atoms with Crippen LogP contribution >= 0.6 is 0 Å². The molecular formula is C13H19N3O. The molecule has 1 aromatic rings. The molecule has 1 aliphatic heterocycles. The van der Waals surface area contributed by atoms with Gasteiger partial charge in [0.25, 0.3) is 0 Å². The number of anilines is 1. The summed E-state index contributed by atoms with van der Waals surface area (Å²) in [7, 11) is 1.65. The molecule has 2 N–H and O–H groups in total. The van der Waals surface area contributed by atoms with Gasteiger partial charge in [-0.15, -0.1) is 0 Å². The zero-order valence-electron chi connectivity index (χ0n) is 10.2. The van der Waals surface area contributed by atoms with Gasteiger partial charge in [0.05, 0.1) is 7.11 Å². The predicted molar refractivity (Wildman–Crippen MR) is 67.2 cm³/mol. The molecule has 3 rings (SSSR count). The molecule has 0 spiro atoms. The Labute approximate surface area is 102 Å². The van der Waals surface area contributed by atoms with E-state index in [-0.39, 0.29) is 0 Å². The third-order valence-corrected chi connectivity index (χ3v) is 4.20. The van der Waals surface area contributed by atoms with E-state index in [4.69, 9.17) is 10.5 Å². The summed E-state index contributed by atoms with van der Waals surface area (Å²) < 4.78 is 5.17. The lowest BCUT2D eigenvalue weighted by Crippen LogP contribution is -2.48. The van der Waals surface area contributed by atoms with E-state index in [0.717, 1.165) is 13.1 Å². The number of nitrogens with zero attached hydrogens (tertiary/aromatic N) is 2. The van der Waals surface area contributed by atoms with Crippen LogP contribution in [0, 0.1) is 11.8 Å². The molecule has 1 saturated heterocycles. The first-order chi connectivity index (χ1) is 8.28. The lowest BCUT2D eigenvalue weighted by molar-refractivity contribution is 0.355. The van der Waals surface area contributed by atoms with Crippen molar-refractivity contribution in [1.29, 1.82) is 0 Å². The molecule has 92 valence electrons. The molecule has 0 aromatic carbocycles. The summed E-state index contributed by atoms with van der Waals surface area (Å²) in [6, 6.07) is 4.48. The first-order valence-electron chi connectivity index (χ1n) is 6.28. The van der Waals surface area contributed by atoms with Crippen LogP contribution in [0.15, 0.2) is 18.3 Å². The van der Waals surface area contributed by atoms with Crippen LogP contribution in [0.1, 0.15) is 12.8 Å². The zero-order valence-corrected chi connectivity index (χ0v) is 10.2. The van der Waals surface area contributed by atoms with Crippen molar-refractivity contribution >= 4 is 5.69 Å². The van der Waals surface area contributed by atoms with Crippen molar-refractivity contribution in [2.45, 2.75) is 18.9 Å². The molecule has 4 nitrogen and oxygen atoms in total. The molecule has 0 radical (unpaired) electrons. The van der Waals surface area contributed by atoms with Gasteiger partial charge in [0.2, 0.25) is 5.88 Å². The maximum Gasteiger partial charge on any atom is 0.214 e. The molecule has 1 aromatic heterocycles. The van der Waals surface area contributed by atoms with Crippen molar-refractivity contribution in [2.75, 3.05) is 25.1 Å². The highest BCUT2D eigenvalue weighted by Gasteiger charge is 2.39. The molecule has 2 heterocycles. The van der Waals surface area contributed by atoms with Gasteiger partial charge in [0.15, 0.2) is 0 Å². The molecule has 0 unspecified atom stereocenters. The third-order valence-electron chi connectivity index (χ3n) is 4.20. The van der Waals surface area contributed by atoms with Crippen LogP contribution in [0.5, 0.6) is 5.88 Å². The highest BCUT2D eigenvalue weighted by molar-refractivity contribution is 5.49. The summed E-state index contributed by atoms with van der Waals surface area (Å²) >= 11 is 0. The molecule has 2 bridgehead atoms. The number of fused-ring (bicyclic) bond motifs is 2. The summed E-state index contributed by atoms with van der Waals surface area (Å²) in [5.74, 6) is 2.01. The van der Waals surface area contributed by atoms with Gasteiger partial charge in [0, 0.05) is 37.1 Å². The van der Waals surface area contributed by atoms with Crippen LogP contribution in [0.3, 0.4) is 0 Å². The number of hydrogen-bond donors (Lipinski definition) is 1. The molecule has 2 aliphatic rings. The first kappa shape index (κ1) is 10.8. The average Bonchev–Trinajstić information content (AvgIpc) is 2.61. The standard InChI is InChI=1S/C13H19N3O/c1-17-12-6-11(4-5-15-12)16-7-9-2-3-10(8-16)13(9)14/h4-6,9-10,13H,2-3,7-8,14H2,1H3/t9-,10+,13+. The summed E-state index contributed by atoms with van der Waals surface area (Å²) in [6.07, 6.45) is 4.37. The number of methoxy groups -OCH3 is 1. The summed E-state index contributed by atoms with van der Waals surface area (Å²) in [5.41, 5.74) is 7.43. The minimum absolute atomic E-state index is 0.412. The summed E-state index contributed by atoms with van der Waals surface area (Å²) in [5, 5.41) is 0. The van der Waals surface area contributed by atoms with Crippen molar-refractivity contribution in [3.63, 3.8) is 0 Å². The highest BCUT2D eigenvalue weighted by atomic mass is 16.5. The van der Waals surface area contributed by atoms with Crippen molar-refractivity contribution in [1.82, 2.24) is 4.98 Å². The Hall–Kier alpha value is -1.29. The molecular weight excluding hydrogens is 214 g/mol. The van der Waals surface area contributed by atoms with Crippen molar-refractivity contribution in [3.05, 3.63) is 18.3 Å². The number of aromatic nitrogens is 1. The van der Waals surface area contributed by atoms with Gasteiger partial charge in [-0.3, -0.25) is 0 Å². The summed E-state index contributed by atoms with van der Waals surface area (Å²) in [4.78, 5) is 6.57. The fourth-order valence-corrected chi connectivity index (χ4v) is 3.18. The molecule has 17 heavy (non-hydrogen) atoms. The Morgan fingerprint density at radius 1 is 1.35 bits per heavy atom. The van der Waals surface area contributed by atoms with E-state index in [1.807, 2.05) is 12.3 Å². The second-order valence-electron chi connectivity index (χ2n) is 5.14. The largest absolute Gasteiger partial charge is 0.481 e. The third kappa shape index (κ3) is 1.86. The van der Waals surface area contributed by atoms with Gasteiger partial charge in [-0.2, -0.15) is 0 Å². The molecule has 3 atom stereocenters. The van der Waals surface area contributed by atoms with Gasteiger partial charge in [0.1, 0.15) is 0 Å². The number of pyridine rings is 1. The highest BCUT2D eigenvalue weighted by Crippen LogP contribution is 2.37. The molecule has 0 amide bonds. The minimum Gasteiger partial charge on any atom is -0.481 e. The maximum atomic E-state index is 6.22. The van der Waals surface area contributed by atoms with E-state index in [9.17, 15) is 0 Å². The van der Waals surface area contributed by atoms with E-state index in [0.29, 0.717) is 23.8 Å². The number of nitrogens with two attached hydrogens (primary N) is 1. The normalized spacial score (nSPS) is 31.6. The second-order valence-corrected chi connectivity index (χ2v) is 5.14.